The quantitative estimate of drug-likeness (QED) is 0.100. The van der Waals surface area contributed by atoms with E-state index in [9.17, 15) is 19.7 Å². The van der Waals surface area contributed by atoms with Gasteiger partial charge in [0, 0.05) is 17.7 Å². The monoisotopic (exact) mass is 486 g/mol. The van der Waals surface area contributed by atoms with Gasteiger partial charge >= 0.3 is 11.9 Å². The van der Waals surface area contributed by atoms with Crippen LogP contribution in [0.4, 0.5) is 5.69 Å². The molecule has 9 nitrogen and oxygen atoms in total. The van der Waals surface area contributed by atoms with Crippen molar-refractivity contribution in [2.75, 3.05) is 6.61 Å². The van der Waals surface area contributed by atoms with E-state index in [-0.39, 0.29) is 28.6 Å². The Morgan fingerprint density at radius 2 is 1.67 bits per heavy atom. The van der Waals surface area contributed by atoms with Gasteiger partial charge in [-0.3, -0.25) is 10.1 Å². The van der Waals surface area contributed by atoms with Gasteiger partial charge in [-0.15, -0.1) is 0 Å². The van der Waals surface area contributed by atoms with Gasteiger partial charge in [-0.2, -0.15) is 0 Å². The molecule has 1 heterocycles. The summed E-state index contributed by atoms with van der Waals surface area (Å²) in [5.74, 6) is 0.00976. The van der Waals surface area contributed by atoms with Crippen molar-refractivity contribution in [1.82, 2.24) is 0 Å². The highest BCUT2D eigenvalue weighted by molar-refractivity contribution is 6.12. The van der Waals surface area contributed by atoms with E-state index >= 15 is 0 Å². The number of aliphatic imine (C=N–C) groups is 1. The highest BCUT2D eigenvalue weighted by Gasteiger charge is 2.24. The van der Waals surface area contributed by atoms with Gasteiger partial charge in [-0.05, 0) is 66.6 Å². The zero-order valence-electron chi connectivity index (χ0n) is 19.4. The second-order valence-electron chi connectivity index (χ2n) is 7.82. The number of hydrogen-bond acceptors (Lipinski definition) is 8. The third-order valence-corrected chi connectivity index (χ3v) is 5.20. The van der Waals surface area contributed by atoms with Crippen LogP contribution in [-0.2, 0) is 9.53 Å². The Morgan fingerprint density at radius 3 is 2.31 bits per heavy atom. The fourth-order valence-corrected chi connectivity index (χ4v) is 3.24. The molecule has 1 aliphatic heterocycles. The van der Waals surface area contributed by atoms with Crippen LogP contribution in [0, 0.1) is 10.1 Å². The highest BCUT2D eigenvalue weighted by Crippen LogP contribution is 2.23. The van der Waals surface area contributed by atoms with Gasteiger partial charge in [0.05, 0.1) is 17.1 Å². The molecule has 4 rings (SSSR count). The predicted molar refractivity (Wildman–Crippen MR) is 132 cm³/mol. The van der Waals surface area contributed by atoms with E-state index in [1.54, 1.807) is 54.6 Å². The molecule has 0 saturated heterocycles. The van der Waals surface area contributed by atoms with Gasteiger partial charge in [0.25, 0.3) is 5.69 Å². The number of nitro benzene ring substituents is 1. The van der Waals surface area contributed by atoms with Crippen molar-refractivity contribution in [2.45, 2.75) is 19.8 Å². The van der Waals surface area contributed by atoms with Crippen molar-refractivity contribution in [3.8, 4) is 11.5 Å². The largest absolute Gasteiger partial charge is 0.494 e. The zero-order valence-corrected chi connectivity index (χ0v) is 19.4. The Morgan fingerprint density at radius 1 is 1.00 bits per heavy atom. The molecular weight excluding hydrogens is 464 g/mol. The van der Waals surface area contributed by atoms with Crippen molar-refractivity contribution >= 4 is 29.6 Å². The third-order valence-electron chi connectivity index (χ3n) is 5.20. The van der Waals surface area contributed by atoms with Gasteiger partial charge in [-0.1, -0.05) is 25.5 Å². The minimum Gasteiger partial charge on any atom is -0.494 e. The Kier molecular flexibility index (Phi) is 7.50. The average molecular weight is 486 g/mol. The molecule has 0 atom stereocenters. The number of nitro groups is 1. The van der Waals surface area contributed by atoms with Crippen molar-refractivity contribution in [3.05, 3.63) is 105 Å². The first kappa shape index (κ1) is 24.3. The summed E-state index contributed by atoms with van der Waals surface area (Å²) in [6, 6.07) is 18.8. The topological polar surface area (TPSA) is 117 Å². The van der Waals surface area contributed by atoms with E-state index in [1.165, 1.54) is 24.3 Å². The average Bonchev–Trinajstić information content (AvgIpc) is 3.25. The summed E-state index contributed by atoms with van der Waals surface area (Å²) in [5, 5.41) is 10.7. The van der Waals surface area contributed by atoms with Gasteiger partial charge in [0.15, 0.2) is 5.70 Å². The van der Waals surface area contributed by atoms with Gasteiger partial charge in [0.2, 0.25) is 5.90 Å². The van der Waals surface area contributed by atoms with E-state index in [2.05, 4.69) is 11.9 Å². The Balaban J connectivity index is 1.40. The predicted octanol–water partition coefficient (Wildman–Crippen LogP) is 5.34. The lowest BCUT2D eigenvalue weighted by atomic mass is 10.2. The molecule has 0 spiro atoms. The highest BCUT2D eigenvalue weighted by atomic mass is 16.6. The van der Waals surface area contributed by atoms with Crippen LogP contribution in [0.2, 0.25) is 0 Å². The maximum Gasteiger partial charge on any atom is 0.363 e. The number of unbranched alkanes of at least 4 members (excludes halogenated alkanes) is 1. The van der Waals surface area contributed by atoms with Gasteiger partial charge < -0.3 is 14.2 Å². The zero-order chi connectivity index (χ0) is 25.5. The second-order valence-corrected chi connectivity index (χ2v) is 7.82. The molecule has 0 radical (unpaired) electrons. The Bertz CT molecular complexity index is 1330. The van der Waals surface area contributed by atoms with Crippen molar-refractivity contribution in [1.29, 1.82) is 0 Å². The lowest BCUT2D eigenvalue weighted by molar-refractivity contribution is -0.384. The van der Waals surface area contributed by atoms with Gasteiger partial charge in [-0.25, -0.2) is 14.6 Å². The number of cyclic esters (lactones) is 1. The molecule has 3 aromatic carbocycles. The van der Waals surface area contributed by atoms with Crippen LogP contribution < -0.4 is 9.47 Å². The lowest BCUT2D eigenvalue weighted by Gasteiger charge is -2.05. The van der Waals surface area contributed by atoms with E-state index in [0.717, 1.165) is 18.6 Å². The number of ether oxygens (including phenoxy) is 3. The molecule has 0 fully saturated rings. The van der Waals surface area contributed by atoms with Crippen LogP contribution in [0.1, 0.15) is 41.3 Å². The summed E-state index contributed by atoms with van der Waals surface area (Å²) < 4.78 is 16.3. The van der Waals surface area contributed by atoms with Crippen molar-refractivity contribution in [3.63, 3.8) is 0 Å². The first-order valence-corrected chi connectivity index (χ1v) is 11.3. The molecule has 0 amide bonds. The number of esters is 2. The molecule has 0 bridgehead atoms. The molecule has 0 unspecified atom stereocenters. The number of carbonyl (C=O) groups is 2. The summed E-state index contributed by atoms with van der Waals surface area (Å²) in [5.41, 5.74) is 1.52. The van der Waals surface area contributed by atoms with Gasteiger partial charge in [0.1, 0.15) is 11.5 Å². The second kappa shape index (κ2) is 11.1. The number of non-ortho nitro benzene ring substituents is 1. The molecule has 0 N–H and O–H groups in total. The fraction of sp³-hybridized carbons (Fsp3) is 0.148. The minimum atomic E-state index is -0.647. The summed E-state index contributed by atoms with van der Waals surface area (Å²) in [6.45, 7) is 2.74. The molecule has 9 heteroatoms. The Labute approximate surface area is 206 Å². The molecule has 0 saturated carbocycles. The van der Waals surface area contributed by atoms with Crippen LogP contribution in [0.3, 0.4) is 0 Å². The lowest BCUT2D eigenvalue weighted by Crippen LogP contribution is -2.08. The summed E-state index contributed by atoms with van der Waals surface area (Å²) >= 11 is 0. The molecule has 1 aliphatic rings. The number of carbonyl (C=O) groups excluding carboxylic acids is 2. The van der Waals surface area contributed by atoms with Crippen LogP contribution in [0.5, 0.6) is 11.5 Å². The summed E-state index contributed by atoms with van der Waals surface area (Å²) in [6.07, 6.45) is 3.60. The molecule has 3 aromatic rings. The molecule has 36 heavy (non-hydrogen) atoms. The van der Waals surface area contributed by atoms with E-state index < -0.39 is 16.9 Å². The van der Waals surface area contributed by atoms with Crippen LogP contribution in [0.25, 0.3) is 6.08 Å². The van der Waals surface area contributed by atoms with Crippen LogP contribution >= 0.6 is 0 Å². The SMILES string of the molecule is CCCCOc1ccc(C2=N/C(=C/c3ccc(OC(=O)c4ccc([N+](=O)[O-])cc4)cc3)C(=O)O2)cc1. The molecular formula is C27H22N2O7. The van der Waals surface area contributed by atoms with E-state index in [1.807, 2.05) is 0 Å². The normalized spacial score (nSPS) is 13.8. The first-order valence-electron chi connectivity index (χ1n) is 11.3. The number of nitrogens with zero attached hydrogens (tertiary/aromatic N) is 2. The number of rotatable bonds is 9. The van der Waals surface area contributed by atoms with E-state index in [4.69, 9.17) is 14.2 Å². The molecule has 0 aliphatic carbocycles. The fourth-order valence-electron chi connectivity index (χ4n) is 3.24. The van der Waals surface area contributed by atoms with Crippen molar-refractivity contribution in [2.24, 2.45) is 4.99 Å². The summed E-state index contributed by atoms with van der Waals surface area (Å²) in [7, 11) is 0. The number of benzene rings is 3. The van der Waals surface area contributed by atoms with Crippen molar-refractivity contribution < 1.29 is 28.7 Å². The molecule has 0 aromatic heterocycles. The third kappa shape index (κ3) is 6.01. The maximum absolute atomic E-state index is 12.3. The standard InChI is InChI=1S/C27H22N2O7/c1-2-3-16-34-22-14-8-19(9-15-22)25-28-24(27(31)36-25)17-18-4-12-23(13-5-18)35-26(30)20-6-10-21(11-7-20)29(32)33/h4-15,17H,2-3,16H2,1H3/b24-17+. The molecule has 182 valence electrons. The van der Waals surface area contributed by atoms with Crippen LogP contribution in [-0.4, -0.2) is 29.4 Å². The maximum atomic E-state index is 12.3. The van der Waals surface area contributed by atoms with E-state index in [0.29, 0.717) is 17.7 Å². The number of hydrogen-bond donors (Lipinski definition) is 0. The van der Waals surface area contributed by atoms with Crippen LogP contribution in [0.15, 0.2) is 83.5 Å². The first-order chi connectivity index (χ1) is 17.4. The smallest absolute Gasteiger partial charge is 0.363 e. The summed E-state index contributed by atoms with van der Waals surface area (Å²) in [4.78, 5) is 39.1. The minimum absolute atomic E-state index is 0.117. The Hall–Kier alpha value is -4.79.